The minimum Gasteiger partial charge on any atom is -0.383 e. The van der Waals surface area contributed by atoms with E-state index in [2.05, 4.69) is 18.2 Å². The Morgan fingerprint density at radius 3 is 2.40 bits per heavy atom. The first-order chi connectivity index (χ1) is 4.59. The third-order valence-electron chi connectivity index (χ3n) is 1.26. The van der Waals surface area contributed by atoms with Crippen molar-refractivity contribution in [3.63, 3.8) is 0 Å². The summed E-state index contributed by atoms with van der Waals surface area (Å²) in [5.74, 6) is 0.827. The fourth-order valence-electron chi connectivity index (χ4n) is 0.477. The number of hydrogen-bond donors (Lipinski definition) is 1. The van der Waals surface area contributed by atoms with E-state index in [0.717, 1.165) is 5.57 Å². The topological polar surface area (TPSA) is 38.4 Å². The third kappa shape index (κ3) is 2.49. The molecule has 0 aliphatic rings. The van der Waals surface area contributed by atoms with E-state index in [0.29, 0.717) is 11.8 Å². The Labute approximate surface area is 62.1 Å². The zero-order valence-electron chi connectivity index (χ0n) is 6.59. The maximum absolute atomic E-state index is 5.51. The van der Waals surface area contributed by atoms with Crippen LogP contribution < -0.4 is 5.73 Å². The summed E-state index contributed by atoms with van der Waals surface area (Å²) in [5.41, 5.74) is 6.37. The lowest BCUT2D eigenvalue weighted by molar-refractivity contribution is 0.804. The summed E-state index contributed by atoms with van der Waals surface area (Å²) in [4.78, 5) is 3.80. The molecule has 0 fully saturated rings. The minimum atomic E-state index is 0.351. The van der Waals surface area contributed by atoms with Gasteiger partial charge in [-0.2, -0.15) is 0 Å². The Balaban J connectivity index is 4.21. The van der Waals surface area contributed by atoms with Crippen molar-refractivity contribution in [2.45, 2.75) is 13.8 Å². The van der Waals surface area contributed by atoms with E-state index in [9.17, 15) is 0 Å². The highest BCUT2D eigenvalue weighted by Gasteiger charge is 2.02. The Bertz CT molecular complexity index is 166. The number of nitrogens with zero attached hydrogens (tertiary/aromatic N) is 1. The van der Waals surface area contributed by atoms with E-state index < -0.39 is 0 Å². The summed E-state index contributed by atoms with van der Waals surface area (Å²) in [6.45, 7) is 11.2. The minimum absolute atomic E-state index is 0.351. The van der Waals surface area contributed by atoms with E-state index in [1.54, 1.807) is 0 Å². The van der Waals surface area contributed by atoms with Crippen molar-refractivity contribution in [3.8, 4) is 0 Å². The molecule has 0 saturated carbocycles. The number of amidine groups is 1. The number of nitrogens with two attached hydrogens (primary N) is 1. The van der Waals surface area contributed by atoms with Gasteiger partial charge in [0.05, 0.1) is 0 Å². The average Bonchev–Trinajstić information content (AvgIpc) is 1.87. The molecular weight excluding hydrogens is 124 g/mol. The second-order valence-electron chi connectivity index (χ2n) is 2.38. The molecule has 0 aromatic carbocycles. The molecular formula is C8H14N2. The van der Waals surface area contributed by atoms with Gasteiger partial charge in [-0.1, -0.05) is 27.0 Å². The SMILES string of the molecule is C=CN=C(N)C(=C)C(C)C. The number of aliphatic imine (C=N–C) groups is 1. The van der Waals surface area contributed by atoms with Gasteiger partial charge in [0.25, 0.3) is 0 Å². The van der Waals surface area contributed by atoms with Crippen LogP contribution in [0.15, 0.2) is 29.9 Å². The van der Waals surface area contributed by atoms with Crippen molar-refractivity contribution in [3.05, 3.63) is 24.9 Å². The molecule has 0 heterocycles. The molecule has 0 saturated heterocycles. The predicted molar refractivity (Wildman–Crippen MR) is 45.8 cm³/mol. The molecule has 2 N–H and O–H groups in total. The smallest absolute Gasteiger partial charge is 0.126 e. The fourth-order valence-corrected chi connectivity index (χ4v) is 0.477. The molecule has 0 radical (unpaired) electrons. The van der Waals surface area contributed by atoms with Gasteiger partial charge in [-0.15, -0.1) is 0 Å². The normalized spacial score (nSPS) is 11.7. The molecule has 56 valence electrons. The average molecular weight is 138 g/mol. The lowest BCUT2D eigenvalue weighted by Crippen LogP contribution is -2.16. The highest BCUT2D eigenvalue weighted by Crippen LogP contribution is 2.05. The van der Waals surface area contributed by atoms with Gasteiger partial charge < -0.3 is 5.73 Å². The maximum atomic E-state index is 5.51. The number of hydrogen-bond acceptors (Lipinski definition) is 1. The second-order valence-corrected chi connectivity index (χ2v) is 2.38. The Morgan fingerprint density at radius 2 is 2.10 bits per heavy atom. The van der Waals surface area contributed by atoms with Gasteiger partial charge in [0.2, 0.25) is 0 Å². The van der Waals surface area contributed by atoms with Crippen LogP contribution in [0.3, 0.4) is 0 Å². The fraction of sp³-hybridized carbons (Fsp3) is 0.375. The van der Waals surface area contributed by atoms with Gasteiger partial charge in [0.1, 0.15) is 5.84 Å². The highest BCUT2D eigenvalue weighted by atomic mass is 14.8. The first-order valence-electron chi connectivity index (χ1n) is 3.23. The van der Waals surface area contributed by atoms with Crippen LogP contribution in [0.1, 0.15) is 13.8 Å². The first kappa shape index (κ1) is 8.95. The van der Waals surface area contributed by atoms with Crippen molar-refractivity contribution in [1.29, 1.82) is 0 Å². The molecule has 0 aliphatic heterocycles. The molecule has 0 spiro atoms. The zero-order valence-corrected chi connectivity index (χ0v) is 6.59. The molecule has 0 aliphatic carbocycles. The second kappa shape index (κ2) is 3.88. The van der Waals surface area contributed by atoms with Crippen LogP contribution >= 0.6 is 0 Å². The lowest BCUT2D eigenvalue weighted by Gasteiger charge is -2.06. The van der Waals surface area contributed by atoms with Gasteiger partial charge in [-0.3, -0.25) is 0 Å². The molecule has 0 amide bonds. The van der Waals surface area contributed by atoms with E-state index >= 15 is 0 Å². The zero-order chi connectivity index (χ0) is 8.15. The summed E-state index contributed by atoms with van der Waals surface area (Å²) in [6, 6.07) is 0. The standard InChI is InChI=1S/C8H14N2/c1-5-10-8(9)7(4)6(2)3/h5-6H,1,4H2,2-3H3,(H2,9,10). The first-order valence-corrected chi connectivity index (χ1v) is 3.23. The van der Waals surface area contributed by atoms with Gasteiger partial charge in [-0.25, -0.2) is 4.99 Å². The quantitative estimate of drug-likeness (QED) is 0.468. The van der Waals surface area contributed by atoms with Crippen molar-refractivity contribution in [2.75, 3.05) is 0 Å². The monoisotopic (exact) mass is 138 g/mol. The molecule has 0 atom stereocenters. The highest BCUT2D eigenvalue weighted by molar-refractivity contribution is 5.97. The van der Waals surface area contributed by atoms with E-state index in [-0.39, 0.29) is 0 Å². The summed E-state index contributed by atoms with van der Waals surface area (Å²) in [6.07, 6.45) is 1.42. The molecule has 0 rings (SSSR count). The Kier molecular flexibility index (Phi) is 3.47. The predicted octanol–water partition coefficient (Wildman–Crippen LogP) is 1.70. The van der Waals surface area contributed by atoms with E-state index in [1.165, 1.54) is 6.20 Å². The van der Waals surface area contributed by atoms with Gasteiger partial charge >= 0.3 is 0 Å². The molecule has 2 heteroatoms. The molecule has 0 unspecified atom stereocenters. The molecule has 0 aromatic rings. The molecule has 0 aromatic heterocycles. The van der Waals surface area contributed by atoms with Crippen LogP contribution in [0.5, 0.6) is 0 Å². The van der Waals surface area contributed by atoms with Crippen LogP contribution in [0, 0.1) is 5.92 Å². The molecule has 10 heavy (non-hydrogen) atoms. The van der Waals surface area contributed by atoms with Crippen molar-refractivity contribution in [2.24, 2.45) is 16.6 Å². The van der Waals surface area contributed by atoms with E-state index in [4.69, 9.17) is 5.73 Å². The van der Waals surface area contributed by atoms with Crippen molar-refractivity contribution < 1.29 is 0 Å². The van der Waals surface area contributed by atoms with Gasteiger partial charge in [-0.05, 0) is 11.5 Å². The van der Waals surface area contributed by atoms with Crippen LogP contribution in [0.4, 0.5) is 0 Å². The van der Waals surface area contributed by atoms with E-state index in [1.807, 2.05) is 13.8 Å². The lowest BCUT2D eigenvalue weighted by atomic mass is 10.1. The van der Waals surface area contributed by atoms with Crippen LogP contribution in [-0.4, -0.2) is 5.84 Å². The van der Waals surface area contributed by atoms with Crippen molar-refractivity contribution >= 4 is 5.84 Å². The summed E-state index contributed by atoms with van der Waals surface area (Å²) < 4.78 is 0. The van der Waals surface area contributed by atoms with Crippen LogP contribution in [0.25, 0.3) is 0 Å². The van der Waals surface area contributed by atoms with Crippen LogP contribution in [-0.2, 0) is 0 Å². The third-order valence-corrected chi connectivity index (χ3v) is 1.26. The summed E-state index contributed by atoms with van der Waals surface area (Å²) in [5, 5.41) is 0. The van der Waals surface area contributed by atoms with Gasteiger partial charge in [0.15, 0.2) is 0 Å². The maximum Gasteiger partial charge on any atom is 0.126 e. The Hall–Kier alpha value is -1.05. The number of rotatable bonds is 3. The Morgan fingerprint density at radius 1 is 1.60 bits per heavy atom. The largest absolute Gasteiger partial charge is 0.383 e. The molecule has 2 nitrogen and oxygen atoms in total. The van der Waals surface area contributed by atoms with Crippen molar-refractivity contribution in [1.82, 2.24) is 0 Å². The summed E-state index contributed by atoms with van der Waals surface area (Å²) in [7, 11) is 0. The summed E-state index contributed by atoms with van der Waals surface area (Å²) >= 11 is 0. The van der Waals surface area contributed by atoms with Gasteiger partial charge in [0, 0.05) is 6.20 Å². The van der Waals surface area contributed by atoms with Crippen LogP contribution in [0.2, 0.25) is 0 Å². The molecule has 0 bridgehead atoms.